The summed E-state index contributed by atoms with van der Waals surface area (Å²) in [6, 6.07) is 8.36. The average Bonchev–Trinajstić information content (AvgIpc) is 2.32. The summed E-state index contributed by atoms with van der Waals surface area (Å²) >= 11 is 5.80. The van der Waals surface area contributed by atoms with Gasteiger partial charge in [0.2, 0.25) is 0 Å². The predicted octanol–water partition coefficient (Wildman–Crippen LogP) is 3.75. The molecule has 0 saturated heterocycles. The van der Waals surface area contributed by atoms with Crippen LogP contribution < -0.4 is 5.32 Å². The van der Waals surface area contributed by atoms with Crippen LogP contribution in [0.2, 0.25) is 5.02 Å². The van der Waals surface area contributed by atoms with Crippen molar-refractivity contribution >= 4 is 23.2 Å². The number of rotatable bonds is 2. The molecule has 2 aromatic rings. The quantitative estimate of drug-likeness (QED) is 0.823. The molecule has 3 nitrogen and oxygen atoms in total. The zero-order valence-corrected chi connectivity index (χ0v) is 10.8. The van der Waals surface area contributed by atoms with Gasteiger partial charge in [0.05, 0.1) is 5.69 Å². The minimum Gasteiger partial charge on any atom is -0.508 e. The van der Waals surface area contributed by atoms with Gasteiger partial charge in [0, 0.05) is 16.7 Å². The molecule has 0 aliphatic heterocycles. The van der Waals surface area contributed by atoms with Gasteiger partial charge in [0.15, 0.2) is 0 Å². The van der Waals surface area contributed by atoms with Gasteiger partial charge in [0.1, 0.15) is 11.6 Å². The number of carbonyl (C=O) groups is 1. The van der Waals surface area contributed by atoms with Gasteiger partial charge in [-0.15, -0.1) is 0 Å². The minimum atomic E-state index is -0.694. The Morgan fingerprint density at radius 2 is 2.00 bits per heavy atom. The lowest BCUT2D eigenvalue weighted by molar-refractivity contribution is 0.102. The number of hydrogen-bond donors (Lipinski definition) is 2. The van der Waals surface area contributed by atoms with E-state index in [1.165, 1.54) is 12.1 Å². The summed E-state index contributed by atoms with van der Waals surface area (Å²) < 4.78 is 13.5. The number of carbonyl (C=O) groups excluding carboxylic acids is 1. The first-order valence-electron chi connectivity index (χ1n) is 5.53. The highest BCUT2D eigenvalue weighted by molar-refractivity contribution is 6.30. The fraction of sp³-hybridized carbons (Fsp3) is 0.0714. The molecule has 5 heteroatoms. The summed E-state index contributed by atoms with van der Waals surface area (Å²) in [6.07, 6.45) is 0. The van der Waals surface area contributed by atoms with Gasteiger partial charge >= 0.3 is 0 Å². The minimum absolute atomic E-state index is 0.0113. The van der Waals surface area contributed by atoms with Gasteiger partial charge < -0.3 is 10.4 Å². The third-order valence-corrected chi connectivity index (χ3v) is 2.87. The smallest absolute Gasteiger partial charge is 0.256 e. The first kappa shape index (κ1) is 13.4. The zero-order chi connectivity index (χ0) is 14.0. The monoisotopic (exact) mass is 279 g/mol. The number of aryl methyl sites for hydroxylation is 1. The van der Waals surface area contributed by atoms with Crippen molar-refractivity contribution in [1.82, 2.24) is 0 Å². The lowest BCUT2D eigenvalue weighted by Gasteiger charge is -2.09. The van der Waals surface area contributed by atoms with E-state index in [-0.39, 0.29) is 11.4 Å². The molecule has 0 aliphatic carbocycles. The molecular weight excluding hydrogens is 269 g/mol. The Hall–Kier alpha value is -2.07. The molecule has 98 valence electrons. The van der Waals surface area contributed by atoms with Crippen molar-refractivity contribution in [2.24, 2.45) is 0 Å². The normalized spacial score (nSPS) is 10.3. The van der Waals surface area contributed by atoms with E-state index in [0.717, 1.165) is 6.07 Å². The molecule has 19 heavy (non-hydrogen) atoms. The van der Waals surface area contributed by atoms with Crippen molar-refractivity contribution in [1.29, 1.82) is 0 Å². The fourth-order valence-electron chi connectivity index (χ4n) is 1.68. The van der Waals surface area contributed by atoms with Crippen LogP contribution in [0, 0.1) is 12.7 Å². The Bertz CT molecular complexity index is 643. The van der Waals surface area contributed by atoms with Gasteiger partial charge in [-0.2, -0.15) is 0 Å². The molecule has 2 rings (SSSR count). The van der Waals surface area contributed by atoms with Crippen molar-refractivity contribution in [3.63, 3.8) is 0 Å². The van der Waals surface area contributed by atoms with Crippen LogP contribution in [-0.4, -0.2) is 11.0 Å². The average molecular weight is 280 g/mol. The molecule has 0 radical (unpaired) electrons. The van der Waals surface area contributed by atoms with Crippen molar-refractivity contribution in [3.8, 4) is 5.75 Å². The molecule has 0 bridgehead atoms. The first-order valence-corrected chi connectivity index (χ1v) is 5.91. The third-order valence-electron chi connectivity index (χ3n) is 2.63. The van der Waals surface area contributed by atoms with Crippen LogP contribution in [0.25, 0.3) is 0 Å². The molecule has 2 N–H and O–H groups in total. The van der Waals surface area contributed by atoms with Gasteiger partial charge in [-0.1, -0.05) is 11.6 Å². The number of phenolic OH excluding ortho intramolecular Hbond substituents is 1. The van der Waals surface area contributed by atoms with Crippen molar-refractivity contribution < 1.29 is 14.3 Å². The second-order valence-corrected chi connectivity index (χ2v) is 4.51. The van der Waals surface area contributed by atoms with E-state index in [1.54, 1.807) is 25.1 Å². The van der Waals surface area contributed by atoms with Crippen LogP contribution in [0.15, 0.2) is 36.4 Å². The molecule has 0 spiro atoms. The van der Waals surface area contributed by atoms with E-state index in [9.17, 15) is 9.18 Å². The second kappa shape index (κ2) is 5.28. The maximum absolute atomic E-state index is 13.5. The highest BCUT2D eigenvalue weighted by Gasteiger charge is 2.12. The van der Waals surface area contributed by atoms with Crippen molar-refractivity contribution in [2.75, 3.05) is 5.32 Å². The van der Waals surface area contributed by atoms with Crippen LogP contribution in [0.4, 0.5) is 10.1 Å². The molecule has 0 unspecified atom stereocenters. The van der Waals surface area contributed by atoms with Crippen LogP contribution in [-0.2, 0) is 0 Å². The number of anilines is 1. The molecule has 0 fully saturated rings. The van der Waals surface area contributed by atoms with Crippen LogP contribution in [0.5, 0.6) is 5.75 Å². The molecule has 2 aromatic carbocycles. The first-order chi connectivity index (χ1) is 8.97. The van der Waals surface area contributed by atoms with Crippen LogP contribution in [0.3, 0.4) is 0 Å². The summed E-state index contributed by atoms with van der Waals surface area (Å²) in [6.45, 7) is 1.74. The second-order valence-electron chi connectivity index (χ2n) is 4.08. The lowest BCUT2D eigenvalue weighted by atomic mass is 10.1. The Morgan fingerprint density at radius 1 is 1.26 bits per heavy atom. The van der Waals surface area contributed by atoms with E-state index < -0.39 is 11.7 Å². The summed E-state index contributed by atoms with van der Waals surface area (Å²) in [7, 11) is 0. The van der Waals surface area contributed by atoms with Crippen molar-refractivity contribution in [3.05, 3.63) is 58.4 Å². The molecular formula is C14H11ClFNO2. The number of nitrogens with one attached hydrogen (secondary N) is 1. The number of benzene rings is 2. The summed E-state index contributed by atoms with van der Waals surface area (Å²) in [4.78, 5) is 12.0. The van der Waals surface area contributed by atoms with Crippen molar-refractivity contribution in [2.45, 2.75) is 6.92 Å². The molecule has 1 amide bonds. The lowest BCUT2D eigenvalue weighted by Crippen LogP contribution is -2.14. The fourth-order valence-corrected chi connectivity index (χ4v) is 1.90. The molecule has 0 heterocycles. The SMILES string of the molecule is Cc1cc(Cl)ccc1C(=O)Nc1ccc(O)cc1F. The predicted molar refractivity (Wildman–Crippen MR) is 72.2 cm³/mol. The number of halogens is 2. The number of aromatic hydroxyl groups is 1. The maximum atomic E-state index is 13.5. The van der Waals surface area contributed by atoms with Gasteiger partial charge in [-0.25, -0.2) is 4.39 Å². The third kappa shape index (κ3) is 3.03. The van der Waals surface area contributed by atoms with Gasteiger partial charge in [0.25, 0.3) is 5.91 Å². The summed E-state index contributed by atoms with van der Waals surface area (Å²) in [5.74, 6) is -1.32. The number of hydrogen-bond acceptors (Lipinski definition) is 2. The molecule has 0 atom stereocenters. The van der Waals surface area contributed by atoms with Gasteiger partial charge in [-0.05, 0) is 42.8 Å². The maximum Gasteiger partial charge on any atom is 0.256 e. The highest BCUT2D eigenvalue weighted by Crippen LogP contribution is 2.21. The zero-order valence-electron chi connectivity index (χ0n) is 10.1. The van der Waals surface area contributed by atoms with Crippen LogP contribution in [0.1, 0.15) is 15.9 Å². The van der Waals surface area contributed by atoms with E-state index in [0.29, 0.717) is 16.1 Å². The van der Waals surface area contributed by atoms with E-state index >= 15 is 0 Å². The van der Waals surface area contributed by atoms with E-state index in [4.69, 9.17) is 16.7 Å². The van der Waals surface area contributed by atoms with E-state index in [1.807, 2.05) is 0 Å². The van der Waals surface area contributed by atoms with Crippen LogP contribution >= 0.6 is 11.6 Å². The highest BCUT2D eigenvalue weighted by atomic mass is 35.5. The number of amides is 1. The summed E-state index contributed by atoms with van der Waals surface area (Å²) in [5, 5.41) is 12.1. The molecule has 0 saturated carbocycles. The largest absolute Gasteiger partial charge is 0.508 e. The Kier molecular flexibility index (Phi) is 3.71. The Balaban J connectivity index is 2.25. The standard InChI is InChI=1S/C14H11ClFNO2/c1-8-6-9(15)2-4-11(8)14(19)17-13-5-3-10(18)7-12(13)16/h2-7,18H,1H3,(H,17,19). The Morgan fingerprint density at radius 3 is 2.63 bits per heavy atom. The summed E-state index contributed by atoms with van der Waals surface area (Å²) in [5.41, 5.74) is 1.12. The number of phenols is 1. The van der Waals surface area contributed by atoms with E-state index in [2.05, 4.69) is 5.32 Å². The molecule has 0 aromatic heterocycles. The molecule has 0 aliphatic rings. The topological polar surface area (TPSA) is 49.3 Å². The van der Waals surface area contributed by atoms with Gasteiger partial charge in [-0.3, -0.25) is 4.79 Å². The Labute approximate surface area is 114 Å².